The fourth-order valence-corrected chi connectivity index (χ4v) is 1.42. The Morgan fingerprint density at radius 3 is 2.70 bits per heavy atom. The molecular formula is C12H17N3O5. The van der Waals surface area contributed by atoms with Crippen molar-refractivity contribution in [1.29, 1.82) is 0 Å². The Morgan fingerprint density at radius 2 is 2.20 bits per heavy atom. The molecule has 0 aromatic carbocycles. The van der Waals surface area contributed by atoms with E-state index in [4.69, 9.17) is 14.6 Å². The van der Waals surface area contributed by atoms with Crippen LogP contribution in [-0.4, -0.2) is 53.4 Å². The van der Waals surface area contributed by atoms with Crippen LogP contribution in [0.3, 0.4) is 0 Å². The summed E-state index contributed by atoms with van der Waals surface area (Å²) in [5.41, 5.74) is 0.726. The Hall–Kier alpha value is -2.22. The van der Waals surface area contributed by atoms with Gasteiger partial charge in [-0.2, -0.15) is 0 Å². The number of aromatic nitrogens is 2. The van der Waals surface area contributed by atoms with E-state index in [9.17, 15) is 9.59 Å². The Morgan fingerprint density at radius 1 is 1.50 bits per heavy atom. The molecule has 0 aliphatic rings. The van der Waals surface area contributed by atoms with Crippen molar-refractivity contribution in [2.24, 2.45) is 0 Å². The van der Waals surface area contributed by atoms with Crippen molar-refractivity contribution >= 4 is 17.9 Å². The van der Waals surface area contributed by atoms with Crippen LogP contribution in [0.5, 0.6) is 0 Å². The molecular weight excluding hydrogens is 266 g/mol. The van der Waals surface area contributed by atoms with Crippen LogP contribution >= 0.6 is 0 Å². The number of carbonyl (C=O) groups excluding carboxylic acids is 1. The van der Waals surface area contributed by atoms with Crippen LogP contribution in [0.2, 0.25) is 0 Å². The molecule has 0 fully saturated rings. The number of anilines is 1. The lowest BCUT2D eigenvalue weighted by molar-refractivity contribution is -0.147. The first-order valence-corrected chi connectivity index (χ1v) is 5.99. The number of hydrogen-bond donors (Lipinski definition) is 2. The lowest BCUT2D eigenvalue weighted by Gasteiger charge is -2.12. The van der Waals surface area contributed by atoms with Gasteiger partial charge in [0.1, 0.15) is 0 Å². The topological polar surface area (TPSA) is 111 Å². The molecule has 0 spiro atoms. The number of carbonyl (C=O) groups is 2. The van der Waals surface area contributed by atoms with E-state index < -0.39 is 18.0 Å². The number of hydrogen-bond acceptors (Lipinski definition) is 7. The first-order valence-electron chi connectivity index (χ1n) is 5.99. The van der Waals surface area contributed by atoms with Crippen LogP contribution in [-0.2, 0) is 14.3 Å². The molecule has 1 heterocycles. The van der Waals surface area contributed by atoms with Crippen LogP contribution in [0.15, 0.2) is 6.20 Å². The third kappa shape index (κ3) is 4.16. The summed E-state index contributed by atoms with van der Waals surface area (Å²) in [7, 11) is 1.30. The second kappa shape index (κ2) is 7.39. The quantitative estimate of drug-likeness (QED) is 0.695. The first kappa shape index (κ1) is 15.8. The van der Waals surface area contributed by atoms with E-state index in [1.165, 1.54) is 13.3 Å². The number of nitrogens with zero attached hydrogens (tertiary/aromatic N) is 2. The van der Waals surface area contributed by atoms with E-state index in [0.29, 0.717) is 5.69 Å². The molecule has 8 nitrogen and oxygen atoms in total. The summed E-state index contributed by atoms with van der Waals surface area (Å²) in [6.45, 7) is 3.64. The summed E-state index contributed by atoms with van der Waals surface area (Å²) < 4.78 is 9.62. The highest BCUT2D eigenvalue weighted by molar-refractivity contribution is 5.90. The molecule has 0 saturated carbocycles. The van der Waals surface area contributed by atoms with Gasteiger partial charge in [0.25, 0.3) is 0 Å². The molecule has 0 bridgehead atoms. The molecule has 8 heteroatoms. The van der Waals surface area contributed by atoms with Gasteiger partial charge in [0.15, 0.2) is 6.10 Å². The highest BCUT2D eigenvalue weighted by Gasteiger charge is 2.17. The number of rotatable bonds is 7. The van der Waals surface area contributed by atoms with Crippen molar-refractivity contribution in [2.45, 2.75) is 20.0 Å². The number of aliphatic carboxylic acids is 1. The Bertz CT molecular complexity index is 492. The molecule has 0 saturated heterocycles. The van der Waals surface area contributed by atoms with Gasteiger partial charge in [-0.25, -0.2) is 19.6 Å². The number of methoxy groups -OCH3 is 1. The fourth-order valence-electron chi connectivity index (χ4n) is 1.42. The Labute approximate surface area is 116 Å². The number of nitrogens with one attached hydrogen (secondary N) is 1. The highest BCUT2D eigenvalue weighted by Crippen LogP contribution is 2.09. The molecule has 0 aliphatic heterocycles. The van der Waals surface area contributed by atoms with Gasteiger partial charge in [0.2, 0.25) is 5.95 Å². The predicted octanol–water partition coefficient (Wildman–Crippen LogP) is 0.473. The minimum atomic E-state index is -1.08. The van der Waals surface area contributed by atoms with Crippen LogP contribution in [0.1, 0.15) is 23.0 Å². The number of carboxylic acids is 1. The van der Waals surface area contributed by atoms with E-state index in [1.54, 1.807) is 13.8 Å². The maximum absolute atomic E-state index is 11.6. The average Bonchev–Trinajstić information content (AvgIpc) is 2.39. The number of carboxylic acid groups (broad SMARTS) is 1. The lowest BCUT2D eigenvalue weighted by atomic mass is 10.2. The van der Waals surface area contributed by atoms with Crippen molar-refractivity contribution in [3.63, 3.8) is 0 Å². The van der Waals surface area contributed by atoms with Gasteiger partial charge in [-0.05, 0) is 13.8 Å². The highest BCUT2D eigenvalue weighted by atomic mass is 16.5. The third-order valence-corrected chi connectivity index (χ3v) is 2.48. The molecule has 20 heavy (non-hydrogen) atoms. The zero-order valence-electron chi connectivity index (χ0n) is 11.5. The van der Waals surface area contributed by atoms with Crippen molar-refractivity contribution in [3.8, 4) is 0 Å². The van der Waals surface area contributed by atoms with E-state index >= 15 is 0 Å². The molecule has 0 radical (unpaired) electrons. The molecule has 1 aromatic rings. The van der Waals surface area contributed by atoms with Crippen molar-refractivity contribution in [3.05, 3.63) is 17.5 Å². The minimum Gasteiger partial charge on any atom is -0.479 e. The van der Waals surface area contributed by atoms with E-state index in [0.717, 1.165) is 0 Å². The van der Waals surface area contributed by atoms with Crippen molar-refractivity contribution in [2.75, 3.05) is 25.6 Å². The lowest BCUT2D eigenvalue weighted by Crippen LogP contribution is -2.31. The normalized spacial score (nSPS) is 11.8. The molecule has 1 rings (SSSR count). The predicted molar refractivity (Wildman–Crippen MR) is 69.6 cm³/mol. The fraction of sp³-hybridized carbons (Fsp3) is 0.500. The number of esters is 1. The van der Waals surface area contributed by atoms with E-state index in [-0.39, 0.29) is 24.7 Å². The zero-order valence-corrected chi connectivity index (χ0v) is 11.5. The summed E-state index contributed by atoms with van der Waals surface area (Å²) in [5, 5.41) is 11.6. The second-order valence-corrected chi connectivity index (χ2v) is 3.86. The second-order valence-electron chi connectivity index (χ2n) is 3.86. The number of ether oxygens (including phenoxy) is 2. The van der Waals surface area contributed by atoms with Gasteiger partial charge in [-0.3, -0.25) is 0 Å². The van der Waals surface area contributed by atoms with Gasteiger partial charge in [0.05, 0.1) is 24.4 Å². The van der Waals surface area contributed by atoms with Crippen LogP contribution in [0.25, 0.3) is 0 Å². The molecule has 110 valence electrons. The van der Waals surface area contributed by atoms with Crippen molar-refractivity contribution < 1.29 is 24.2 Å². The first-order chi connectivity index (χ1) is 9.49. The SMILES string of the molecule is CCOC(=O)c1cnc(NCC(OC)C(=O)O)nc1C. The van der Waals surface area contributed by atoms with Gasteiger partial charge < -0.3 is 19.9 Å². The summed E-state index contributed by atoms with van der Waals surface area (Å²) in [4.78, 5) is 30.3. The van der Waals surface area contributed by atoms with Crippen molar-refractivity contribution in [1.82, 2.24) is 9.97 Å². The zero-order chi connectivity index (χ0) is 15.1. The summed E-state index contributed by atoms with van der Waals surface area (Å²) >= 11 is 0. The monoisotopic (exact) mass is 283 g/mol. The van der Waals surface area contributed by atoms with E-state index in [2.05, 4.69) is 15.3 Å². The number of aryl methyl sites for hydroxylation is 1. The molecule has 1 atom stereocenters. The van der Waals surface area contributed by atoms with Gasteiger partial charge in [-0.15, -0.1) is 0 Å². The van der Waals surface area contributed by atoms with Crippen LogP contribution in [0, 0.1) is 6.92 Å². The summed E-state index contributed by atoms with van der Waals surface area (Å²) in [6, 6.07) is 0. The maximum Gasteiger partial charge on any atom is 0.341 e. The average molecular weight is 283 g/mol. The Kier molecular flexibility index (Phi) is 5.85. The van der Waals surface area contributed by atoms with Gasteiger partial charge in [0, 0.05) is 13.3 Å². The smallest absolute Gasteiger partial charge is 0.341 e. The summed E-state index contributed by atoms with van der Waals surface area (Å²) in [5.74, 6) is -1.35. The Balaban J connectivity index is 2.72. The molecule has 1 unspecified atom stereocenters. The summed E-state index contributed by atoms with van der Waals surface area (Å²) in [6.07, 6.45) is 0.342. The van der Waals surface area contributed by atoms with Crippen LogP contribution < -0.4 is 5.32 Å². The van der Waals surface area contributed by atoms with Crippen LogP contribution in [0.4, 0.5) is 5.95 Å². The standard InChI is InChI=1S/C12H17N3O5/c1-4-20-11(18)8-5-13-12(15-7(8)2)14-6-9(19-3)10(16)17/h5,9H,4,6H2,1-3H3,(H,16,17)(H,13,14,15). The minimum absolute atomic E-state index is 0.0179. The van der Waals surface area contributed by atoms with Gasteiger partial charge >= 0.3 is 11.9 Å². The molecule has 1 aromatic heterocycles. The molecule has 2 N–H and O–H groups in total. The maximum atomic E-state index is 11.6. The molecule has 0 aliphatic carbocycles. The largest absolute Gasteiger partial charge is 0.479 e. The van der Waals surface area contributed by atoms with Gasteiger partial charge in [-0.1, -0.05) is 0 Å². The molecule has 0 amide bonds. The third-order valence-electron chi connectivity index (χ3n) is 2.48. The van der Waals surface area contributed by atoms with E-state index in [1.807, 2.05) is 0 Å².